The van der Waals surface area contributed by atoms with Crippen LogP contribution in [0.1, 0.15) is 16.8 Å². The number of hydrogen-bond acceptors (Lipinski definition) is 3. The minimum Gasteiger partial charge on any atom is -0.494 e. The average molecular weight is 289 g/mol. The summed E-state index contributed by atoms with van der Waals surface area (Å²) in [5.74, 6) is -0.157. The van der Waals surface area contributed by atoms with Crippen molar-refractivity contribution in [3.05, 3.63) is 29.6 Å². The number of ether oxygens (including phenoxy) is 1. The van der Waals surface area contributed by atoms with Crippen LogP contribution in [0.25, 0.3) is 0 Å². The van der Waals surface area contributed by atoms with Crippen LogP contribution in [-0.2, 0) is 0 Å². The Morgan fingerprint density at radius 3 is 2.84 bits per heavy atom. The highest BCUT2D eigenvalue weighted by atomic mass is 35.5. The van der Waals surface area contributed by atoms with Crippen LogP contribution in [0.15, 0.2) is 18.2 Å². The van der Waals surface area contributed by atoms with E-state index in [-0.39, 0.29) is 24.1 Å². The molecule has 0 aliphatic carbocycles. The molecule has 1 amide bonds. The Kier molecular flexibility index (Phi) is 5.57. The number of amides is 1. The van der Waals surface area contributed by atoms with Gasteiger partial charge in [-0.15, -0.1) is 12.4 Å². The predicted octanol–water partition coefficient (Wildman–Crippen LogP) is 1.68. The van der Waals surface area contributed by atoms with Crippen molar-refractivity contribution < 1.29 is 13.9 Å². The monoisotopic (exact) mass is 288 g/mol. The fourth-order valence-electron chi connectivity index (χ4n) is 2.19. The summed E-state index contributed by atoms with van der Waals surface area (Å²) in [7, 11) is 1.40. The number of rotatable bonds is 3. The Morgan fingerprint density at radius 1 is 1.58 bits per heavy atom. The summed E-state index contributed by atoms with van der Waals surface area (Å²) in [5.41, 5.74) is 5.94. The van der Waals surface area contributed by atoms with Crippen molar-refractivity contribution in [3.8, 4) is 5.75 Å². The number of nitrogens with zero attached hydrogens (tertiary/aromatic N) is 1. The lowest BCUT2D eigenvalue weighted by atomic mass is 10.1. The molecule has 0 spiro atoms. The molecule has 0 aromatic heterocycles. The first kappa shape index (κ1) is 15.7. The summed E-state index contributed by atoms with van der Waals surface area (Å²) in [4.78, 5) is 13.9. The summed E-state index contributed by atoms with van der Waals surface area (Å²) in [6, 6.07) is 4.27. The molecule has 1 aliphatic rings. The number of carbonyl (C=O) groups is 1. The molecule has 1 heterocycles. The van der Waals surface area contributed by atoms with Gasteiger partial charge >= 0.3 is 0 Å². The van der Waals surface area contributed by atoms with Gasteiger partial charge in [0.15, 0.2) is 11.6 Å². The maximum absolute atomic E-state index is 13.5. The van der Waals surface area contributed by atoms with Gasteiger partial charge in [0, 0.05) is 18.7 Å². The number of nitrogens with two attached hydrogens (primary N) is 1. The lowest BCUT2D eigenvalue weighted by Crippen LogP contribution is -2.29. The van der Waals surface area contributed by atoms with E-state index >= 15 is 0 Å². The molecule has 2 rings (SSSR count). The van der Waals surface area contributed by atoms with Crippen LogP contribution in [0.3, 0.4) is 0 Å². The smallest absolute Gasteiger partial charge is 0.253 e. The second-order valence-electron chi connectivity index (χ2n) is 4.49. The number of likely N-dealkylation sites (tertiary alicyclic amines) is 1. The van der Waals surface area contributed by atoms with Gasteiger partial charge in [-0.25, -0.2) is 4.39 Å². The first-order chi connectivity index (χ1) is 8.65. The quantitative estimate of drug-likeness (QED) is 0.921. The summed E-state index contributed by atoms with van der Waals surface area (Å²) in [6.07, 6.45) is 0.918. The maximum atomic E-state index is 13.5. The predicted molar refractivity (Wildman–Crippen MR) is 73.3 cm³/mol. The molecule has 1 unspecified atom stereocenters. The Labute approximate surface area is 118 Å². The second-order valence-corrected chi connectivity index (χ2v) is 4.49. The minimum absolute atomic E-state index is 0. The molecule has 6 heteroatoms. The van der Waals surface area contributed by atoms with Crippen molar-refractivity contribution in [2.75, 3.05) is 26.7 Å². The van der Waals surface area contributed by atoms with E-state index in [1.165, 1.54) is 19.2 Å². The largest absolute Gasteiger partial charge is 0.494 e. The van der Waals surface area contributed by atoms with E-state index in [2.05, 4.69) is 0 Å². The summed E-state index contributed by atoms with van der Waals surface area (Å²) in [6.45, 7) is 1.93. The van der Waals surface area contributed by atoms with E-state index in [1.54, 1.807) is 11.0 Å². The van der Waals surface area contributed by atoms with Gasteiger partial charge in [0.1, 0.15) is 0 Å². The van der Waals surface area contributed by atoms with Crippen LogP contribution in [0, 0.1) is 11.7 Å². The van der Waals surface area contributed by atoms with Gasteiger partial charge in [-0.2, -0.15) is 0 Å². The van der Waals surface area contributed by atoms with Crippen molar-refractivity contribution in [1.29, 1.82) is 0 Å². The van der Waals surface area contributed by atoms with E-state index < -0.39 is 5.82 Å². The van der Waals surface area contributed by atoms with E-state index in [0.29, 0.717) is 31.1 Å². The summed E-state index contributed by atoms with van der Waals surface area (Å²) < 4.78 is 18.3. The number of hydrogen-bond donors (Lipinski definition) is 1. The van der Waals surface area contributed by atoms with Crippen LogP contribution in [-0.4, -0.2) is 37.6 Å². The molecule has 4 nitrogen and oxygen atoms in total. The number of halogens is 2. The molecule has 1 fully saturated rings. The molecule has 1 atom stereocenters. The first-order valence-corrected chi connectivity index (χ1v) is 5.98. The lowest BCUT2D eigenvalue weighted by molar-refractivity contribution is 0.0787. The van der Waals surface area contributed by atoms with Gasteiger partial charge in [0.25, 0.3) is 5.91 Å². The van der Waals surface area contributed by atoms with Gasteiger partial charge < -0.3 is 15.4 Å². The summed E-state index contributed by atoms with van der Waals surface area (Å²) >= 11 is 0. The second kappa shape index (κ2) is 6.73. The number of benzene rings is 1. The number of carbonyl (C=O) groups excluding carboxylic acids is 1. The highest BCUT2D eigenvalue weighted by Gasteiger charge is 2.26. The Hall–Kier alpha value is -1.33. The molecular weight excluding hydrogens is 271 g/mol. The maximum Gasteiger partial charge on any atom is 0.253 e. The fraction of sp³-hybridized carbons (Fsp3) is 0.462. The van der Waals surface area contributed by atoms with Gasteiger partial charge in [-0.1, -0.05) is 0 Å². The molecule has 1 saturated heterocycles. The van der Waals surface area contributed by atoms with Gasteiger partial charge in [-0.05, 0) is 37.1 Å². The molecule has 1 aliphatic heterocycles. The molecular formula is C13H18ClFN2O2. The first-order valence-electron chi connectivity index (χ1n) is 5.98. The topological polar surface area (TPSA) is 55.6 Å². The van der Waals surface area contributed by atoms with E-state index in [9.17, 15) is 9.18 Å². The molecule has 1 aromatic carbocycles. The fourth-order valence-corrected chi connectivity index (χ4v) is 2.19. The minimum atomic E-state index is -0.516. The molecule has 0 radical (unpaired) electrons. The van der Waals surface area contributed by atoms with Crippen LogP contribution in [0.4, 0.5) is 4.39 Å². The lowest BCUT2D eigenvalue weighted by Gasteiger charge is -2.16. The van der Waals surface area contributed by atoms with Crippen molar-refractivity contribution in [3.63, 3.8) is 0 Å². The molecule has 0 bridgehead atoms. The van der Waals surface area contributed by atoms with Crippen molar-refractivity contribution >= 4 is 18.3 Å². The zero-order valence-corrected chi connectivity index (χ0v) is 11.6. The average Bonchev–Trinajstić information content (AvgIpc) is 2.86. The third-order valence-electron chi connectivity index (χ3n) is 3.31. The SMILES string of the molecule is COc1ccc(C(=O)N2CCC(CN)C2)cc1F.Cl. The Balaban J connectivity index is 0.00000180. The van der Waals surface area contributed by atoms with Crippen molar-refractivity contribution in [1.82, 2.24) is 4.90 Å². The standard InChI is InChI=1S/C13H17FN2O2.ClH/c1-18-12-3-2-10(6-11(12)14)13(17)16-5-4-9(7-15)8-16;/h2-3,6,9H,4-5,7-8,15H2,1H3;1H. The third-order valence-corrected chi connectivity index (χ3v) is 3.31. The van der Waals surface area contributed by atoms with Crippen LogP contribution < -0.4 is 10.5 Å². The normalized spacial score (nSPS) is 18.1. The molecule has 106 valence electrons. The van der Waals surface area contributed by atoms with Crippen LogP contribution in [0.2, 0.25) is 0 Å². The molecule has 1 aromatic rings. The zero-order chi connectivity index (χ0) is 13.1. The Bertz CT molecular complexity index is 456. The highest BCUT2D eigenvalue weighted by molar-refractivity contribution is 5.94. The number of methoxy groups -OCH3 is 1. The third kappa shape index (κ3) is 3.36. The van der Waals surface area contributed by atoms with E-state index in [1.807, 2.05) is 0 Å². The summed E-state index contributed by atoms with van der Waals surface area (Å²) in [5, 5.41) is 0. The van der Waals surface area contributed by atoms with E-state index in [0.717, 1.165) is 6.42 Å². The molecule has 19 heavy (non-hydrogen) atoms. The van der Waals surface area contributed by atoms with Crippen molar-refractivity contribution in [2.24, 2.45) is 11.7 Å². The Morgan fingerprint density at radius 2 is 2.32 bits per heavy atom. The molecule has 2 N–H and O–H groups in total. The van der Waals surface area contributed by atoms with Gasteiger partial charge in [-0.3, -0.25) is 4.79 Å². The van der Waals surface area contributed by atoms with Crippen LogP contribution >= 0.6 is 12.4 Å². The highest BCUT2D eigenvalue weighted by Crippen LogP contribution is 2.21. The van der Waals surface area contributed by atoms with Crippen molar-refractivity contribution in [2.45, 2.75) is 6.42 Å². The molecule has 0 saturated carbocycles. The zero-order valence-electron chi connectivity index (χ0n) is 10.8. The van der Waals surface area contributed by atoms with Gasteiger partial charge in [0.2, 0.25) is 0 Å². The van der Waals surface area contributed by atoms with Gasteiger partial charge in [0.05, 0.1) is 7.11 Å². The van der Waals surface area contributed by atoms with Crippen LogP contribution in [0.5, 0.6) is 5.75 Å². The van der Waals surface area contributed by atoms with E-state index in [4.69, 9.17) is 10.5 Å².